The van der Waals surface area contributed by atoms with Crippen molar-refractivity contribution in [2.24, 2.45) is 4.99 Å². The molecule has 0 amide bonds. The number of rotatable bonds is 7. The molecule has 0 aromatic heterocycles. The van der Waals surface area contributed by atoms with Crippen LogP contribution in [0.25, 0.3) is 0 Å². The lowest BCUT2D eigenvalue weighted by atomic mass is 9.72. The third-order valence-electron chi connectivity index (χ3n) is 6.52. The molecule has 0 radical (unpaired) electrons. The van der Waals surface area contributed by atoms with Gasteiger partial charge in [-0.1, -0.05) is 31.2 Å². The molecule has 170 valence electrons. The largest absolute Gasteiger partial charge is 0.381 e. The van der Waals surface area contributed by atoms with Crippen LogP contribution in [-0.4, -0.2) is 62.8 Å². The first-order valence-electron chi connectivity index (χ1n) is 11.6. The lowest BCUT2D eigenvalue weighted by Crippen LogP contribution is -2.49. The summed E-state index contributed by atoms with van der Waals surface area (Å²) >= 11 is 0. The second-order valence-corrected chi connectivity index (χ2v) is 8.66. The number of halogens is 1. The number of hydrogen-bond donors (Lipinski definition) is 2. The molecule has 3 rings (SSSR count). The summed E-state index contributed by atoms with van der Waals surface area (Å²) in [6, 6.07) is 9.33. The van der Waals surface area contributed by atoms with Crippen LogP contribution in [0.2, 0.25) is 0 Å². The van der Waals surface area contributed by atoms with E-state index in [1.165, 1.54) is 50.0 Å². The van der Waals surface area contributed by atoms with Crippen LogP contribution in [0.1, 0.15) is 57.1 Å². The minimum Gasteiger partial charge on any atom is -0.381 e. The zero-order valence-electron chi connectivity index (χ0n) is 19.1. The van der Waals surface area contributed by atoms with Crippen LogP contribution in [0.4, 0.5) is 0 Å². The Morgan fingerprint density at radius 1 is 1.17 bits per heavy atom. The highest BCUT2D eigenvalue weighted by Crippen LogP contribution is 2.37. The maximum atomic E-state index is 5.71. The van der Waals surface area contributed by atoms with E-state index in [1.54, 1.807) is 0 Å². The SMILES string of the molecule is CCCN1CCC(NC(=NCC2(c3ccccc3C)CCOCC2)NCC)CC1.I. The molecule has 0 aliphatic carbocycles. The predicted octanol–water partition coefficient (Wildman–Crippen LogP) is 4.09. The number of guanidine groups is 1. The summed E-state index contributed by atoms with van der Waals surface area (Å²) in [4.78, 5) is 7.68. The van der Waals surface area contributed by atoms with Crippen molar-refractivity contribution in [1.29, 1.82) is 0 Å². The monoisotopic (exact) mass is 528 g/mol. The van der Waals surface area contributed by atoms with Crippen LogP contribution in [0.3, 0.4) is 0 Å². The number of piperidine rings is 1. The molecule has 2 fully saturated rings. The first-order valence-corrected chi connectivity index (χ1v) is 11.6. The minimum atomic E-state index is 0. The summed E-state index contributed by atoms with van der Waals surface area (Å²) in [5, 5.41) is 7.21. The minimum absolute atomic E-state index is 0. The zero-order valence-corrected chi connectivity index (χ0v) is 21.4. The van der Waals surface area contributed by atoms with Crippen molar-refractivity contribution in [3.8, 4) is 0 Å². The van der Waals surface area contributed by atoms with Crippen LogP contribution >= 0.6 is 24.0 Å². The van der Waals surface area contributed by atoms with E-state index < -0.39 is 0 Å². The van der Waals surface area contributed by atoms with Gasteiger partial charge in [0.25, 0.3) is 0 Å². The van der Waals surface area contributed by atoms with Gasteiger partial charge in [-0.15, -0.1) is 24.0 Å². The number of nitrogens with one attached hydrogen (secondary N) is 2. The van der Waals surface area contributed by atoms with Gasteiger partial charge in [0.15, 0.2) is 5.96 Å². The molecule has 1 aromatic rings. The highest BCUT2D eigenvalue weighted by Gasteiger charge is 2.35. The van der Waals surface area contributed by atoms with Gasteiger partial charge in [-0.2, -0.15) is 0 Å². The fourth-order valence-corrected chi connectivity index (χ4v) is 4.80. The van der Waals surface area contributed by atoms with Crippen molar-refractivity contribution >= 4 is 29.9 Å². The summed E-state index contributed by atoms with van der Waals surface area (Å²) in [6.07, 6.45) is 5.71. The van der Waals surface area contributed by atoms with E-state index in [0.717, 1.165) is 45.1 Å². The predicted molar refractivity (Wildman–Crippen MR) is 137 cm³/mol. The second-order valence-electron chi connectivity index (χ2n) is 8.66. The van der Waals surface area contributed by atoms with E-state index in [4.69, 9.17) is 9.73 Å². The van der Waals surface area contributed by atoms with Crippen molar-refractivity contribution in [2.45, 2.75) is 64.3 Å². The molecule has 2 heterocycles. The average molecular weight is 529 g/mol. The standard InChI is InChI=1S/C24H40N4O.HI/c1-4-14-28-15-10-21(11-16-28)27-23(25-5-2)26-19-24(12-17-29-18-13-24)22-9-7-6-8-20(22)3;/h6-9,21H,4-5,10-19H2,1-3H3,(H2,25,26,27);1H. The molecule has 2 aliphatic rings. The number of aryl methyl sites for hydroxylation is 1. The molecule has 0 atom stereocenters. The second kappa shape index (κ2) is 12.9. The first kappa shape index (κ1) is 25.4. The maximum Gasteiger partial charge on any atom is 0.191 e. The van der Waals surface area contributed by atoms with Gasteiger partial charge in [0.1, 0.15) is 0 Å². The number of ether oxygens (including phenoxy) is 1. The lowest BCUT2D eigenvalue weighted by Gasteiger charge is -2.38. The Morgan fingerprint density at radius 3 is 2.50 bits per heavy atom. The van der Waals surface area contributed by atoms with Crippen LogP contribution in [0.15, 0.2) is 29.3 Å². The van der Waals surface area contributed by atoms with Crippen LogP contribution in [0.5, 0.6) is 0 Å². The maximum absolute atomic E-state index is 5.71. The van der Waals surface area contributed by atoms with E-state index in [-0.39, 0.29) is 29.4 Å². The smallest absolute Gasteiger partial charge is 0.191 e. The van der Waals surface area contributed by atoms with Gasteiger partial charge in [-0.05, 0) is 63.6 Å². The third kappa shape index (κ3) is 6.82. The topological polar surface area (TPSA) is 48.9 Å². The third-order valence-corrected chi connectivity index (χ3v) is 6.52. The Morgan fingerprint density at radius 2 is 1.87 bits per heavy atom. The molecular weight excluding hydrogens is 487 g/mol. The molecule has 0 unspecified atom stereocenters. The lowest BCUT2D eigenvalue weighted by molar-refractivity contribution is 0.0529. The van der Waals surface area contributed by atoms with E-state index in [9.17, 15) is 0 Å². The van der Waals surface area contributed by atoms with Crippen LogP contribution in [-0.2, 0) is 10.2 Å². The normalized spacial score (nSPS) is 20.4. The number of benzene rings is 1. The number of likely N-dealkylation sites (tertiary alicyclic amines) is 1. The first-order chi connectivity index (χ1) is 14.2. The average Bonchev–Trinajstić information content (AvgIpc) is 2.75. The van der Waals surface area contributed by atoms with Gasteiger partial charge in [0.2, 0.25) is 0 Å². The fourth-order valence-electron chi connectivity index (χ4n) is 4.80. The Labute approximate surface area is 200 Å². The summed E-state index contributed by atoms with van der Waals surface area (Å²) in [6.45, 7) is 13.6. The quantitative estimate of drug-likeness (QED) is 0.318. The highest BCUT2D eigenvalue weighted by molar-refractivity contribution is 14.0. The van der Waals surface area contributed by atoms with Gasteiger partial charge in [-0.25, -0.2) is 0 Å². The molecular formula is C24H41IN4O. The molecule has 1 aromatic carbocycles. The van der Waals surface area contributed by atoms with Crippen molar-refractivity contribution < 1.29 is 4.74 Å². The van der Waals surface area contributed by atoms with Crippen molar-refractivity contribution in [1.82, 2.24) is 15.5 Å². The summed E-state index contributed by atoms with van der Waals surface area (Å²) in [5.74, 6) is 0.973. The number of hydrogen-bond acceptors (Lipinski definition) is 3. The molecule has 0 saturated carbocycles. The molecule has 2 N–H and O–H groups in total. The molecule has 2 aliphatic heterocycles. The van der Waals surface area contributed by atoms with E-state index in [1.807, 2.05) is 0 Å². The molecule has 2 saturated heterocycles. The molecule has 6 heteroatoms. The highest BCUT2D eigenvalue weighted by atomic mass is 127. The van der Waals surface area contributed by atoms with Crippen molar-refractivity contribution in [3.05, 3.63) is 35.4 Å². The van der Waals surface area contributed by atoms with Gasteiger partial charge in [0.05, 0.1) is 6.54 Å². The van der Waals surface area contributed by atoms with Gasteiger partial charge >= 0.3 is 0 Å². The molecule has 0 bridgehead atoms. The van der Waals surface area contributed by atoms with Gasteiger partial charge < -0.3 is 20.3 Å². The van der Waals surface area contributed by atoms with Crippen LogP contribution in [0, 0.1) is 6.92 Å². The van der Waals surface area contributed by atoms with E-state index >= 15 is 0 Å². The van der Waals surface area contributed by atoms with E-state index in [0.29, 0.717) is 6.04 Å². The Balaban J connectivity index is 0.00000320. The van der Waals surface area contributed by atoms with Crippen molar-refractivity contribution in [2.75, 3.05) is 45.9 Å². The number of nitrogens with zero attached hydrogens (tertiary/aromatic N) is 2. The number of aliphatic imine (C=N–C) groups is 1. The molecule has 0 spiro atoms. The Bertz CT molecular complexity index is 652. The summed E-state index contributed by atoms with van der Waals surface area (Å²) in [7, 11) is 0. The molecule has 30 heavy (non-hydrogen) atoms. The molecule has 5 nitrogen and oxygen atoms in total. The zero-order chi connectivity index (χ0) is 20.5. The van der Waals surface area contributed by atoms with Crippen LogP contribution < -0.4 is 10.6 Å². The van der Waals surface area contributed by atoms with Gasteiger partial charge in [0, 0.05) is 44.3 Å². The van der Waals surface area contributed by atoms with Gasteiger partial charge in [-0.3, -0.25) is 4.99 Å². The Hall–Kier alpha value is -0.860. The van der Waals surface area contributed by atoms with E-state index in [2.05, 4.69) is 60.6 Å². The summed E-state index contributed by atoms with van der Waals surface area (Å²) < 4.78 is 5.71. The summed E-state index contributed by atoms with van der Waals surface area (Å²) in [5.41, 5.74) is 2.89. The fraction of sp³-hybridized carbons (Fsp3) is 0.708. The van der Waals surface area contributed by atoms with Crippen molar-refractivity contribution in [3.63, 3.8) is 0 Å². The Kier molecular flexibility index (Phi) is 10.9.